The molecule has 1 amide bonds. The van der Waals surface area contributed by atoms with Crippen LogP contribution in [0.5, 0.6) is 0 Å². The Morgan fingerprint density at radius 3 is 2.27 bits per heavy atom. The molecular weight excluding hydrogens is 610 g/mol. The number of halogens is 1. The number of carbonyl (C=O) groups excluding carboxylic acids is 2. The van der Waals surface area contributed by atoms with Crippen LogP contribution >= 0.6 is 15.9 Å². The first-order chi connectivity index (χ1) is 20.7. The molecule has 1 aromatic carbocycles. The molecule has 9 atom stereocenters. The highest BCUT2D eigenvalue weighted by Crippen LogP contribution is 2.76. The summed E-state index contributed by atoms with van der Waals surface area (Å²) in [5, 5.41) is 3.98. The molecule has 0 radical (unpaired) electrons. The summed E-state index contributed by atoms with van der Waals surface area (Å²) in [5.41, 5.74) is 5.27. The Morgan fingerprint density at radius 1 is 0.932 bits per heavy atom. The molecule has 44 heavy (non-hydrogen) atoms. The van der Waals surface area contributed by atoms with E-state index in [9.17, 15) is 9.59 Å². The molecular formula is C39H54BrNO3. The van der Waals surface area contributed by atoms with Gasteiger partial charge in [-0.25, -0.2) is 4.79 Å². The van der Waals surface area contributed by atoms with Crippen molar-refractivity contribution in [2.75, 3.05) is 12.4 Å². The standard InChI is InChI=1S/C39H54BrNO3/c1-24(2)27-15-20-39(41-32(42)23-40)22-21-37(6)29(33(27)39)13-14-31-36(5)18-16-28(25-9-11-26(12-10-25)34(43)44-8)35(3,4)30(36)17-19-38(31,37)7/h9-12,16,27,29-31,33H,1,13-15,17-23H2,2-8H3,(H,41,42). The predicted octanol–water partition coefficient (Wildman–Crippen LogP) is 9.39. The van der Waals surface area contributed by atoms with E-state index in [-0.39, 0.29) is 39.1 Å². The van der Waals surface area contributed by atoms with Gasteiger partial charge in [0.25, 0.3) is 0 Å². The zero-order valence-corrected chi connectivity index (χ0v) is 29.7. The third kappa shape index (κ3) is 4.40. The van der Waals surface area contributed by atoms with Crippen molar-refractivity contribution < 1.29 is 14.3 Å². The summed E-state index contributed by atoms with van der Waals surface area (Å²) in [7, 11) is 1.44. The SMILES string of the molecule is C=C(C)C1CCC2(NC(=O)CBr)CCC3(C)C(CCC4C5(C)CC=C(c6ccc(C(=O)OC)cc6)C(C)(C)C5CCC43C)C12. The highest BCUT2D eigenvalue weighted by Gasteiger charge is 2.70. The van der Waals surface area contributed by atoms with Crippen LogP contribution in [0.2, 0.25) is 0 Å². The molecule has 4 saturated carbocycles. The molecule has 0 aromatic heterocycles. The maximum atomic E-state index is 12.9. The molecule has 0 heterocycles. The zero-order valence-electron chi connectivity index (χ0n) is 28.2. The second-order valence-corrected chi connectivity index (χ2v) is 17.2. The van der Waals surface area contributed by atoms with Crippen molar-refractivity contribution in [3.8, 4) is 0 Å². The van der Waals surface area contributed by atoms with Gasteiger partial charge >= 0.3 is 5.97 Å². The lowest BCUT2D eigenvalue weighted by atomic mass is 9.33. The van der Waals surface area contributed by atoms with Gasteiger partial charge in [-0.1, -0.05) is 80.9 Å². The van der Waals surface area contributed by atoms with Gasteiger partial charge in [-0.2, -0.15) is 0 Å². The fraction of sp³-hybridized carbons (Fsp3) is 0.692. The van der Waals surface area contributed by atoms with Crippen molar-refractivity contribution in [1.82, 2.24) is 5.32 Å². The lowest BCUT2D eigenvalue weighted by Gasteiger charge is -2.72. The number of amides is 1. The lowest BCUT2D eigenvalue weighted by molar-refractivity contribution is -0.219. The van der Waals surface area contributed by atoms with Gasteiger partial charge in [0.2, 0.25) is 5.91 Å². The molecule has 6 rings (SSSR count). The van der Waals surface area contributed by atoms with Crippen LogP contribution in [-0.2, 0) is 9.53 Å². The minimum absolute atomic E-state index is 0.0387. The Morgan fingerprint density at radius 2 is 1.64 bits per heavy atom. The van der Waals surface area contributed by atoms with Gasteiger partial charge in [0.15, 0.2) is 0 Å². The van der Waals surface area contributed by atoms with Gasteiger partial charge < -0.3 is 10.1 Å². The van der Waals surface area contributed by atoms with E-state index in [0.29, 0.717) is 40.5 Å². The first-order valence-electron chi connectivity index (χ1n) is 17.1. The number of rotatable bonds is 5. The third-order valence-electron chi connectivity index (χ3n) is 14.8. The molecule has 0 aliphatic heterocycles. The van der Waals surface area contributed by atoms with E-state index in [4.69, 9.17) is 4.74 Å². The number of carbonyl (C=O) groups is 2. The van der Waals surface area contributed by atoms with Crippen LogP contribution in [-0.4, -0.2) is 29.9 Å². The topological polar surface area (TPSA) is 55.4 Å². The first kappa shape index (κ1) is 32.1. The maximum Gasteiger partial charge on any atom is 0.337 e. The Hall–Kier alpha value is -1.88. The maximum absolute atomic E-state index is 12.9. The summed E-state index contributed by atoms with van der Waals surface area (Å²) in [6.07, 6.45) is 13.2. The highest BCUT2D eigenvalue weighted by atomic mass is 79.9. The van der Waals surface area contributed by atoms with E-state index in [1.807, 2.05) is 12.1 Å². The van der Waals surface area contributed by atoms with Crippen molar-refractivity contribution in [3.05, 3.63) is 53.6 Å². The van der Waals surface area contributed by atoms with Crippen molar-refractivity contribution in [3.63, 3.8) is 0 Å². The number of fused-ring (bicyclic) bond motifs is 7. The Kier molecular flexibility index (Phi) is 7.91. The van der Waals surface area contributed by atoms with Crippen LogP contribution in [0.3, 0.4) is 0 Å². The van der Waals surface area contributed by atoms with E-state index < -0.39 is 0 Å². The summed E-state index contributed by atoms with van der Waals surface area (Å²) < 4.78 is 4.94. The fourth-order valence-electron chi connectivity index (χ4n) is 12.7. The van der Waals surface area contributed by atoms with Crippen LogP contribution in [0.4, 0.5) is 0 Å². The predicted molar refractivity (Wildman–Crippen MR) is 182 cm³/mol. The number of allylic oxidation sites excluding steroid dienone is 3. The molecule has 4 fully saturated rings. The van der Waals surface area contributed by atoms with Gasteiger partial charge in [-0.3, -0.25) is 4.79 Å². The molecule has 5 aliphatic rings. The minimum Gasteiger partial charge on any atom is -0.465 e. The number of hydrogen-bond acceptors (Lipinski definition) is 3. The van der Waals surface area contributed by atoms with Crippen LogP contribution in [0.1, 0.15) is 115 Å². The molecule has 0 bridgehead atoms. The second kappa shape index (κ2) is 10.8. The van der Waals surface area contributed by atoms with Gasteiger partial charge in [0, 0.05) is 5.54 Å². The molecule has 0 saturated heterocycles. The van der Waals surface area contributed by atoms with E-state index in [2.05, 4.69) is 87.6 Å². The number of hydrogen-bond donors (Lipinski definition) is 1. The number of alkyl halides is 1. The van der Waals surface area contributed by atoms with Crippen LogP contribution in [0, 0.1) is 51.2 Å². The van der Waals surface area contributed by atoms with Crippen molar-refractivity contribution in [2.24, 2.45) is 51.2 Å². The van der Waals surface area contributed by atoms with E-state index in [0.717, 1.165) is 25.7 Å². The van der Waals surface area contributed by atoms with Gasteiger partial charge in [-0.15, -0.1) is 0 Å². The number of methoxy groups -OCH3 is 1. The number of esters is 1. The third-order valence-corrected chi connectivity index (χ3v) is 15.3. The van der Waals surface area contributed by atoms with E-state index in [1.165, 1.54) is 55.9 Å². The van der Waals surface area contributed by atoms with Crippen molar-refractivity contribution in [2.45, 2.75) is 105 Å². The number of nitrogens with one attached hydrogen (secondary N) is 1. The van der Waals surface area contributed by atoms with Crippen molar-refractivity contribution >= 4 is 33.4 Å². The first-order valence-corrected chi connectivity index (χ1v) is 18.2. The quantitative estimate of drug-likeness (QED) is 0.194. The Balaban J connectivity index is 1.34. The van der Waals surface area contributed by atoms with Gasteiger partial charge in [-0.05, 0) is 139 Å². The summed E-state index contributed by atoms with van der Waals surface area (Å²) in [4.78, 5) is 24.9. The lowest BCUT2D eigenvalue weighted by Crippen LogP contribution is -2.68. The smallest absolute Gasteiger partial charge is 0.337 e. The molecule has 1 aromatic rings. The van der Waals surface area contributed by atoms with Crippen LogP contribution in [0.25, 0.3) is 5.57 Å². The van der Waals surface area contributed by atoms with Gasteiger partial charge in [0.1, 0.15) is 0 Å². The fourth-order valence-corrected chi connectivity index (χ4v) is 12.8. The second-order valence-electron chi connectivity index (χ2n) is 16.6. The summed E-state index contributed by atoms with van der Waals surface area (Å²) >= 11 is 3.44. The van der Waals surface area contributed by atoms with Crippen molar-refractivity contribution in [1.29, 1.82) is 0 Å². The molecule has 5 aliphatic carbocycles. The Labute approximate surface area is 274 Å². The van der Waals surface area contributed by atoms with Crippen LogP contribution in [0.15, 0.2) is 42.5 Å². The van der Waals surface area contributed by atoms with Crippen LogP contribution < -0.4 is 5.32 Å². The minimum atomic E-state index is -0.283. The Bertz CT molecular complexity index is 1380. The molecule has 0 spiro atoms. The monoisotopic (exact) mass is 663 g/mol. The normalized spacial score (nSPS) is 42.1. The molecule has 1 N–H and O–H groups in total. The highest BCUT2D eigenvalue weighted by molar-refractivity contribution is 9.09. The van der Waals surface area contributed by atoms with E-state index in [1.54, 1.807) is 0 Å². The molecule has 9 unspecified atom stereocenters. The average molecular weight is 665 g/mol. The molecule has 4 nitrogen and oxygen atoms in total. The summed E-state index contributed by atoms with van der Waals surface area (Å²) in [6, 6.07) is 8.06. The number of benzene rings is 1. The molecule has 5 heteroatoms. The zero-order chi connectivity index (χ0) is 31.9. The average Bonchev–Trinajstić information content (AvgIpc) is 3.36. The number of ether oxygens (including phenoxy) is 1. The van der Waals surface area contributed by atoms with E-state index >= 15 is 0 Å². The summed E-state index contributed by atoms with van der Waals surface area (Å²) in [5.74, 6) is 2.70. The van der Waals surface area contributed by atoms with Gasteiger partial charge in [0.05, 0.1) is 18.0 Å². The summed E-state index contributed by atoms with van der Waals surface area (Å²) in [6.45, 7) is 19.7. The largest absolute Gasteiger partial charge is 0.465 e. The molecule has 240 valence electrons.